The van der Waals surface area contributed by atoms with Gasteiger partial charge < -0.3 is 15.6 Å². The normalized spacial score (nSPS) is 14.4. The molecule has 0 aliphatic heterocycles. The van der Waals surface area contributed by atoms with Crippen LogP contribution < -0.4 is 10.6 Å². The SMILES string of the molecule is CN/C=N\C(=N)c1cc(F)cc(CNC(=O)c2ncnc3nc(C4CCCC4)[nH]c23)c1. The highest BCUT2D eigenvalue weighted by atomic mass is 19.1. The lowest BCUT2D eigenvalue weighted by molar-refractivity contribution is 0.0947. The molecule has 0 atom stereocenters. The Balaban J connectivity index is 1.51. The molecule has 0 radical (unpaired) electrons. The summed E-state index contributed by atoms with van der Waals surface area (Å²) in [5, 5.41) is 13.4. The van der Waals surface area contributed by atoms with Gasteiger partial charge >= 0.3 is 0 Å². The molecular formula is C21H23FN8O. The first-order chi connectivity index (χ1) is 15.0. The molecule has 160 valence electrons. The van der Waals surface area contributed by atoms with Crippen LogP contribution in [0.2, 0.25) is 0 Å². The van der Waals surface area contributed by atoms with Crippen molar-refractivity contribution >= 4 is 29.2 Å². The number of hydrogen-bond acceptors (Lipinski definition) is 5. The van der Waals surface area contributed by atoms with Crippen molar-refractivity contribution in [2.24, 2.45) is 4.99 Å². The summed E-state index contributed by atoms with van der Waals surface area (Å²) in [5.74, 6) is 0.193. The van der Waals surface area contributed by atoms with Gasteiger partial charge in [0.1, 0.15) is 23.5 Å². The number of fused-ring (bicyclic) bond motifs is 1. The Labute approximate surface area is 178 Å². The number of halogens is 1. The van der Waals surface area contributed by atoms with E-state index in [-0.39, 0.29) is 18.1 Å². The number of amidine groups is 1. The number of hydrogen-bond donors (Lipinski definition) is 4. The van der Waals surface area contributed by atoms with Crippen LogP contribution >= 0.6 is 0 Å². The van der Waals surface area contributed by atoms with E-state index < -0.39 is 11.7 Å². The zero-order valence-electron chi connectivity index (χ0n) is 17.1. The topological polar surface area (TPSA) is 132 Å². The number of aromatic amines is 1. The van der Waals surface area contributed by atoms with E-state index in [1.807, 2.05) is 0 Å². The quantitative estimate of drug-likeness (QED) is 0.358. The molecule has 31 heavy (non-hydrogen) atoms. The standard InChI is InChI=1S/C21H23FN8O/c1-24-10-27-18(23)14-6-12(7-15(22)8-14)9-25-21(31)17-16-20(28-11-26-17)30-19(29-16)13-4-2-3-5-13/h6-8,10-11,13H,2-5,9H2,1H3,(H,25,31)(H2,23,24,27)(H,26,28,29,30). The Morgan fingerprint density at radius 1 is 1.32 bits per heavy atom. The summed E-state index contributed by atoms with van der Waals surface area (Å²) in [6, 6.07) is 4.15. The highest BCUT2D eigenvalue weighted by Crippen LogP contribution is 2.33. The van der Waals surface area contributed by atoms with Crippen molar-refractivity contribution in [3.8, 4) is 0 Å². The molecule has 0 saturated heterocycles. The van der Waals surface area contributed by atoms with Gasteiger partial charge in [0.25, 0.3) is 5.91 Å². The largest absolute Gasteiger partial charge is 0.379 e. The molecule has 1 fully saturated rings. The first-order valence-electron chi connectivity index (χ1n) is 10.1. The van der Waals surface area contributed by atoms with E-state index in [2.05, 4.69) is 35.6 Å². The van der Waals surface area contributed by atoms with Crippen LogP contribution in [0.1, 0.15) is 59.0 Å². The summed E-state index contributed by atoms with van der Waals surface area (Å²) in [6.45, 7) is 0.0712. The molecule has 0 spiro atoms. The molecule has 3 aromatic rings. The van der Waals surface area contributed by atoms with Crippen molar-refractivity contribution in [3.05, 3.63) is 53.0 Å². The molecule has 1 aliphatic rings. The fourth-order valence-corrected chi connectivity index (χ4v) is 3.77. The van der Waals surface area contributed by atoms with E-state index in [9.17, 15) is 9.18 Å². The Hall–Kier alpha value is -3.69. The molecule has 0 unspecified atom stereocenters. The van der Waals surface area contributed by atoms with Crippen molar-refractivity contribution in [2.75, 3.05) is 7.05 Å². The average molecular weight is 422 g/mol. The minimum atomic E-state index is -0.509. The molecule has 9 nitrogen and oxygen atoms in total. The maximum absolute atomic E-state index is 14.0. The van der Waals surface area contributed by atoms with Crippen LogP contribution in [0.4, 0.5) is 4.39 Å². The first kappa shape index (κ1) is 20.6. The second-order valence-corrected chi connectivity index (χ2v) is 7.45. The van der Waals surface area contributed by atoms with E-state index in [1.54, 1.807) is 13.1 Å². The Bertz CT molecular complexity index is 1150. The van der Waals surface area contributed by atoms with E-state index in [4.69, 9.17) is 5.41 Å². The van der Waals surface area contributed by atoms with Crippen molar-refractivity contribution in [1.29, 1.82) is 5.41 Å². The summed E-state index contributed by atoms with van der Waals surface area (Å²) >= 11 is 0. The number of H-pyrrole nitrogens is 1. The summed E-state index contributed by atoms with van der Waals surface area (Å²) in [7, 11) is 1.66. The number of carbonyl (C=O) groups is 1. The molecule has 2 aromatic heterocycles. The molecule has 1 aromatic carbocycles. The van der Waals surface area contributed by atoms with Gasteiger partial charge in [0.2, 0.25) is 0 Å². The van der Waals surface area contributed by atoms with Crippen LogP contribution in [0.5, 0.6) is 0 Å². The number of benzene rings is 1. The van der Waals surface area contributed by atoms with Crippen molar-refractivity contribution in [3.63, 3.8) is 0 Å². The van der Waals surface area contributed by atoms with Crippen LogP contribution in [0, 0.1) is 11.2 Å². The smallest absolute Gasteiger partial charge is 0.272 e. The zero-order valence-corrected chi connectivity index (χ0v) is 17.1. The molecule has 2 heterocycles. The molecule has 10 heteroatoms. The van der Waals surface area contributed by atoms with Gasteiger partial charge in [-0.25, -0.2) is 24.3 Å². The van der Waals surface area contributed by atoms with Gasteiger partial charge in [0.05, 0.1) is 6.34 Å². The first-order valence-corrected chi connectivity index (χ1v) is 10.1. The number of nitrogens with one attached hydrogen (secondary N) is 4. The van der Waals surface area contributed by atoms with Gasteiger partial charge in [-0.2, -0.15) is 0 Å². The minimum Gasteiger partial charge on any atom is -0.379 e. The maximum atomic E-state index is 14.0. The van der Waals surface area contributed by atoms with Gasteiger partial charge in [-0.3, -0.25) is 10.2 Å². The van der Waals surface area contributed by atoms with Crippen LogP contribution in [0.25, 0.3) is 11.2 Å². The number of amides is 1. The highest BCUT2D eigenvalue weighted by Gasteiger charge is 2.23. The lowest BCUT2D eigenvalue weighted by atomic mass is 10.1. The third kappa shape index (κ3) is 4.57. The molecule has 4 rings (SSSR count). The van der Waals surface area contributed by atoms with E-state index in [0.29, 0.717) is 28.2 Å². The summed E-state index contributed by atoms with van der Waals surface area (Å²) in [4.78, 5) is 32.7. The molecule has 4 N–H and O–H groups in total. The molecule has 1 aliphatic carbocycles. The lowest BCUT2D eigenvalue weighted by Gasteiger charge is -2.08. The van der Waals surface area contributed by atoms with Crippen molar-refractivity contribution in [1.82, 2.24) is 30.6 Å². The van der Waals surface area contributed by atoms with Gasteiger partial charge in [-0.15, -0.1) is 0 Å². The van der Waals surface area contributed by atoms with E-state index >= 15 is 0 Å². The number of rotatable bonds is 6. The summed E-state index contributed by atoms with van der Waals surface area (Å²) < 4.78 is 14.0. The number of aromatic nitrogens is 4. The van der Waals surface area contributed by atoms with Gasteiger partial charge in [0.15, 0.2) is 17.2 Å². The highest BCUT2D eigenvalue weighted by molar-refractivity contribution is 6.02. The Morgan fingerprint density at radius 2 is 2.13 bits per heavy atom. The Kier molecular flexibility index (Phi) is 5.96. The van der Waals surface area contributed by atoms with E-state index in [0.717, 1.165) is 18.7 Å². The summed E-state index contributed by atoms with van der Waals surface area (Å²) in [6.07, 6.45) is 7.16. The Morgan fingerprint density at radius 3 is 2.90 bits per heavy atom. The van der Waals surface area contributed by atoms with Crippen LogP contribution in [0.15, 0.2) is 29.5 Å². The predicted octanol–water partition coefficient (Wildman–Crippen LogP) is 2.65. The monoisotopic (exact) mass is 422 g/mol. The minimum absolute atomic E-state index is 0.0712. The van der Waals surface area contributed by atoms with Crippen LogP contribution in [-0.2, 0) is 6.54 Å². The maximum Gasteiger partial charge on any atom is 0.272 e. The number of carbonyl (C=O) groups excluding carboxylic acids is 1. The summed E-state index contributed by atoms with van der Waals surface area (Å²) in [5.41, 5.74) is 1.99. The van der Waals surface area contributed by atoms with Crippen molar-refractivity contribution in [2.45, 2.75) is 38.1 Å². The third-order valence-corrected chi connectivity index (χ3v) is 5.27. The van der Waals surface area contributed by atoms with Gasteiger partial charge in [0, 0.05) is 25.1 Å². The number of aliphatic imine (C=N–C) groups is 1. The molecule has 1 amide bonds. The predicted molar refractivity (Wildman–Crippen MR) is 115 cm³/mol. The van der Waals surface area contributed by atoms with Crippen molar-refractivity contribution < 1.29 is 9.18 Å². The molecular weight excluding hydrogens is 399 g/mol. The second-order valence-electron chi connectivity index (χ2n) is 7.45. The fraction of sp³-hybridized carbons (Fsp3) is 0.333. The number of imidazole rings is 1. The zero-order chi connectivity index (χ0) is 21.8. The van der Waals surface area contributed by atoms with Gasteiger partial charge in [-0.05, 0) is 36.6 Å². The van der Waals surface area contributed by atoms with Crippen LogP contribution in [-0.4, -0.2) is 45.1 Å². The van der Waals surface area contributed by atoms with E-state index in [1.165, 1.54) is 37.6 Å². The van der Waals surface area contributed by atoms with Gasteiger partial charge in [-0.1, -0.05) is 12.8 Å². The average Bonchev–Trinajstić information content (AvgIpc) is 3.44. The molecule has 0 bridgehead atoms. The van der Waals surface area contributed by atoms with Crippen LogP contribution in [0.3, 0.4) is 0 Å². The number of nitrogens with zero attached hydrogens (tertiary/aromatic N) is 4. The third-order valence-electron chi connectivity index (χ3n) is 5.27. The lowest BCUT2D eigenvalue weighted by Crippen LogP contribution is -2.24. The molecule has 1 saturated carbocycles. The fourth-order valence-electron chi connectivity index (χ4n) is 3.77. The second kappa shape index (κ2) is 8.99.